The van der Waals surface area contributed by atoms with Crippen molar-refractivity contribution >= 4 is 65.4 Å². The monoisotopic (exact) mass is 822 g/mol. The van der Waals surface area contributed by atoms with Crippen LogP contribution >= 0.6 is 0 Å². The van der Waals surface area contributed by atoms with E-state index in [0.29, 0.717) is 28.1 Å². The largest absolute Gasteiger partial charge is 0.309 e. The zero-order chi connectivity index (χ0) is 59.7. The van der Waals surface area contributed by atoms with Crippen LogP contribution in [0.4, 0.5) is 0 Å². The summed E-state index contributed by atoms with van der Waals surface area (Å²) >= 11 is 0. The molecule has 0 atom stereocenters. The van der Waals surface area contributed by atoms with Gasteiger partial charge in [-0.15, -0.1) is 0 Å². The van der Waals surface area contributed by atoms with E-state index in [1.807, 2.05) is 54.6 Å². The van der Waals surface area contributed by atoms with Gasteiger partial charge < -0.3 is 13.7 Å². The zero-order valence-electron chi connectivity index (χ0n) is 53.7. The van der Waals surface area contributed by atoms with Crippen LogP contribution in [0.2, 0.25) is 0 Å². The minimum atomic E-state index is -0.887. The lowest BCUT2D eigenvalue weighted by Gasteiger charge is -2.14. The molecule has 0 unspecified atom stereocenters. The summed E-state index contributed by atoms with van der Waals surface area (Å²) in [5.74, 6) is 0. The minimum absolute atomic E-state index is 0.145. The predicted octanol–water partition coefficient (Wildman–Crippen LogP) is 16.0. The number of aromatic nitrogens is 3. The maximum Gasteiger partial charge on any atom is 0.0652 e. The van der Waals surface area contributed by atoms with Crippen molar-refractivity contribution in [1.29, 1.82) is 0 Å². The van der Waals surface area contributed by atoms with E-state index in [1.54, 1.807) is 54.6 Å². The molecule has 0 aliphatic heterocycles. The third kappa shape index (κ3) is 5.53. The van der Waals surface area contributed by atoms with Gasteiger partial charge in [0.1, 0.15) is 0 Å². The number of fused-ring (bicyclic) bond motifs is 9. The molecule has 3 nitrogen and oxygen atoms in total. The highest BCUT2D eigenvalue weighted by Crippen LogP contribution is 2.41. The summed E-state index contributed by atoms with van der Waals surface area (Å²) in [5.41, 5.74) is -0.235. The molecule has 0 spiro atoms. The van der Waals surface area contributed by atoms with Crippen molar-refractivity contribution in [2.45, 2.75) is 0 Å². The molecule has 0 radical (unpaired) electrons. The second-order valence-corrected chi connectivity index (χ2v) is 14.9. The number of para-hydroxylation sites is 4. The van der Waals surface area contributed by atoms with E-state index in [9.17, 15) is 20.6 Å². The fraction of sp³-hybridized carbons (Fsp3) is 0. The molecule has 3 aromatic heterocycles. The van der Waals surface area contributed by atoms with Crippen LogP contribution in [0.1, 0.15) is 28.8 Å². The van der Waals surface area contributed by atoms with Crippen LogP contribution in [0.15, 0.2) is 236 Å². The molecule has 0 bridgehead atoms. The molecule has 63 heavy (non-hydrogen) atoms. The summed E-state index contributed by atoms with van der Waals surface area (Å²) in [6, 6.07) is 17.2. The lowest BCUT2D eigenvalue weighted by molar-refractivity contribution is 1.17. The van der Waals surface area contributed by atoms with Crippen molar-refractivity contribution in [3.63, 3.8) is 0 Å². The van der Waals surface area contributed by atoms with Gasteiger partial charge in [-0.25, -0.2) is 0 Å². The molecule has 13 aromatic rings. The Kier molecular flexibility index (Phi) is 4.57. The number of benzene rings is 10. The summed E-state index contributed by atoms with van der Waals surface area (Å²) in [5, 5.41) is -1.93. The molecule has 0 aliphatic carbocycles. The van der Waals surface area contributed by atoms with E-state index in [-0.39, 0.29) is 43.6 Å². The van der Waals surface area contributed by atoms with Crippen LogP contribution in [0.5, 0.6) is 0 Å². The Morgan fingerprint density at radius 2 is 0.746 bits per heavy atom. The van der Waals surface area contributed by atoms with Gasteiger partial charge in [-0.2, -0.15) is 0 Å². The molecule has 0 amide bonds. The lowest BCUT2D eigenvalue weighted by Crippen LogP contribution is -1.97. The Morgan fingerprint density at radius 1 is 0.286 bits per heavy atom. The maximum absolute atomic E-state index is 10.2. The number of nitrogens with zero attached hydrogens (tertiary/aromatic N) is 3. The van der Waals surface area contributed by atoms with Gasteiger partial charge in [0.25, 0.3) is 0 Å². The van der Waals surface area contributed by atoms with Gasteiger partial charge >= 0.3 is 0 Å². The summed E-state index contributed by atoms with van der Waals surface area (Å²) in [6.45, 7) is 0. The minimum Gasteiger partial charge on any atom is -0.309 e. The molecule has 10 aromatic carbocycles. The van der Waals surface area contributed by atoms with Crippen molar-refractivity contribution in [2.24, 2.45) is 0 Å². The van der Waals surface area contributed by atoms with Gasteiger partial charge in [0.2, 0.25) is 0 Å². The molecule has 294 valence electrons. The topological polar surface area (TPSA) is 14.8 Å². The number of rotatable bonds is 6. The third-order valence-corrected chi connectivity index (χ3v) is 11.4. The van der Waals surface area contributed by atoms with E-state index in [0.717, 1.165) is 10.1 Å². The molecular formula is C60H39N3. The Hall–Kier alpha value is -8.40. The van der Waals surface area contributed by atoms with Gasteiger partial charge in [0.15, 0.2) is 0 Å². The van der Waals surface area contributed by atoms with E-state index in [1.165, 1.54) is 9.13 Å². The van der Waals surface area contributed by atoms with Gasteiger partial charge in [0, 0.05) is 49.3 Å². The van der Waals surface area contributed by atoms with Crippen molar-refractivity contribution in [2.75, 3.05) is 0 Å². The highest BCUT2D eigenvalue weighted by atomic mass is 15.0. The SMILES string of the molecule is [2H]c1c([2H])c([2H])c2c(c1[2H])c1c([2H])c(-n3c4c([2H])c([2H])c([2H])c([2H])c4c4c([2H])c(-c5c([2H])c([2H])c6c(c5[2H])c5c([2H])c([2H])c([2H])c([2H])c5n6-c5ccccc5-c5ccccc5)c([2H])c([2H])c43)c([2H])c([2H])c1n2-c1cccc(-c2ccccc2)c1. The molecule has 0 aliphatic rings. The van der Waals surface area contributed by atoms with Crippen molar-refractivity contribution < 1.29 is 28.8 Å². The summed E-state index contributed by atoms with van der Waals surface area (Å²) in [6.07, 6.45) is 0. The van der Waals surface area contributed by atoms with E-state index >= 15 is 0 Å². The van der Waals surface area contributed by atoms with Crippen LogP contribution in [0.25, 0.3) is 116 Å². The van der Waals surface area contributed by atoms with E-state index in [2.05, 4.69) is 0 Å². The molecule has 3 heterocycles. The quantitative estimate of drug-likeness (QED) is 0.159. The second kappa shape index (κ2) is 14.1. The third-order valence-electron chi connectivity index (χ3n) is 11.4. The Morgan fingerprint density at radius 3 is 1.38 bits per heavy atom. The maximum atomic E-state index is 10.2. The summed E-state index contributed by atoms with van der Waals surface area (Å²) in [4.78, 5) is 0. The average molecular weight is 823 g/mol. The molecule has 13 rings (SSSR count). The smallest absolute Gasteiger partial charge is 0.0652 e. The highest BCUT2D eigenvalue weighted by Gasteiger charge is 2.19. The van der Waals surface area contributed by atoms with Gasteiger partial charge in [-0.05, 0) is 106 Å². The number of hydrogen-bond donors (Lipinski definition) is 0. The van der Waals surface area contributed by atoms with Crippen LogP contribution in [-0.2, 0) is 0 Å². The van der Waals surface area contributed by atoms with Crippen molar-refractivity contribution in [3.8, 4) is 50.4 Å². The summed E-state index contributed by atoms with van der Waals surface area (Å²) < 4.78 is 202. The molecule has 0 saturated heterocycles. The normalized spacial score (nSPS) is 16.5. The lowest BCUT2D eigenvalue weighted by atomic mass is 10.0. The van der Waals surface area contributed by atoms with Crippen LogP contribution < -0.4 is 0 Å². The van der Waals surface area contributed by atoms with Gasteiger partial charge in [0.05, 0.1) is 67.6 Å². The second-order valence-electron chi connectivity index (χ2n) is 14.9. The first-order chi connectivity index (χ1) is 40.0. The standard InChI is InChI=1S/C60H39N3/c1-3-16-40(17-4-1)42-20-15-21-45(36-42)61-56-28-13-9-25-50(56)53-39-46(32-35-59(53)61)62-55-27-12-8-23-48(55)51-37-43(30-33-58(51)62)44-31-34-60-52(38-44)49-24-10-14-29-57(49)63(60)54-26-11-7-22-47(54)41-18-5-2-6-19-41/h1-39H/i8D,9D,10D,12D,13D,14D,23D,24D,25D,27D,28D,29D,30D,31D,32D,33D,34D,35D,37D,38D,39D. The van der Waals surface area contributed by atoms with E-state index in [4.69, 9.17) is 8.22 Å². The molecule has 0 N–H and O–H groups in total. The Bertz CT molecular complexity index is 5140. The Balaban J connectivity index is 1.17. The van der Waals surface area contributed by atoms with Gasteiger partial charge in [-0.1, -0.05) is 157 Å². The zero-order valence-corrected chi connectivity index (χ0v) is 32.7. The fourth-order valence-electron chi connectivity index (χ4n) is 8.60. The number of hydrogen-bond acceptors (Lipinski definition) is 0. The summed E-state index contributed by atoms with van der Waals surface area (Å²) in [7, 11) is 0. The average Bonchev–Trinajstić information content (AvgIpc) is 1.62. The molecule has 3 heteroatoms. The molecular weight excluding hydrogens is 763 g/mol. The first-order valence-corrected chi connectivity index (χ1v) is 20.0. The van der Waals surface area contributed by atoms with Crippen LogP contribution in [0.3, 0.4) is 0 Å². The van der Waals surface area contributed by atoms with Gasteiger partial charge in [-0.3, -0.25) is 0 Å². The fourth-order valence-corrected chi connectivity index (χ4v) is 8.60. The molecule has 0 fully saturated rings. The molecule has 0 saturated carbocycles. The van der Waals surface area contributed by atoms with E-state index < -0.39 is 166 Å². The Labute approximate surface area is 394 Å². The van der Waals surface area contributed by atoms with Crippen molar-refractivity contribution in [1.82, 2.24) is 13.7 Å². The first-order valence-electron chi connectivity index (χ1n) is 30.5. The van der Waals surface area contributed by atoms with Crippen LogP contribution in [-0.4, -0.2) is 13.7 Å². The van der Waals surface area contributed by atoms with Crippen LogP contribution in [0, 0.1) is 0 Å². The highest BCUT2D eigenvalue weighted by molar-refractivity contribution is 6.14. The predicted molar refractivity (Wildman–Crippen MR) is 266 cm³/mol. The first kappa shape index (κ1) is 20.4. The van der Waals surface area contributed by atoms with Crippen molar-refractivity contribution in [3.05, 3.63) is 236 Å².